The number of aliphatic carboxylic acids is 1. The predicted octanol–water partition coefficient (Wildman–Crippen LogP) is 1.55. The Morgan fingerprint density at radius 2 is 1.81 bits per heavy atom. The Bertz CT molecular complexity index is 491. The van der Waals surface area contributed by atoms with Crippen molar-refractivity contribution in [2.45, 2.75) is 18.6 Å². The Hall–Kier alpha value is -2.09. The molecule has 1 amide bonds. The number of nitrogens with zero attached hydrogens (tertiary/aromatic N) is 1. The molecule has 0 saturated heterocycles. The summed E-state index contributed by atoms with van der Waals surface area (Å²) < 4.78 is 37.1. The van der Waals surface area contributed by atoms with Gasteiger partial charge in [0.1, 0.15) is 13.1 Å². The van der Waals surface area contributed by atoms with Crippen LogP contribution >= 0.6 is 0 Å². The number of carboxylic acid groups (broad SMARTS) is 1. The minimum absolute atomic E-state index is 0.241. The minimum Gasteiger partial charge on any atom is -0.480 e. The molecule has 8 heteroatoms. The van der Waals surface area contributed by atoms with Crippen molar-refractivity contribution in [1.82, 2.24) is 4.90 Å². The molecule has 3 N–H and O–H groups in total. The molecule has 0 aliphatic carbocycles. The van der Waals surface area contributed by atoms with Gasteiger partial charge in [0.15, 0.2) is 0 Å². The maximum absolute atomic E-state index is 12.4. The van der Waals surface area contributed by atoms with Gasteiger partial charge in [-0.05, 0) is 5.56 Å². The van der Waals surface area contributed by atoms with E-state index < -0.39 is 43.6 Å². The summed E-state index contributed by atoms with van der Waals surface area (Å²) in [7, 11) is 0. The third-order valence-electron chi connectivity index (χ3n) is 2.67. The molecule has 5 nitrogen and oxygen atoms in total. The SMILES string of the molecule is NC(CC(=O)N(CC(=O)O)CC(F)(F)F)c1ccccc1. The van der Waals surface area contributed by atoms with Crippen LogP contribution in [0.15, 0.2) is 30.3 Å². The Morgan fingerprint density at radius 3 is 2.29 bits per heavy atom. The lowest BCUT2D eigenvalue weighted by molar-refractivity contribution is -0.166. The van der Waals surface area contributed by atoms with Crippen LogP contribution in [-0.4, -0.2) is 41.1 Å². The molecule has 0 aromatic heterocycles. The van der Waals surface area contributed by atoms with Crippen LogP contribution in [-0.2, 0) is 9.59 Å². The molecule has 0 spiro atoms. The molecule has 0 radical (unpaired) electrons. The predicted molar refractivity (Wildman–Crippen MR) is 68.3 cm³/mol. The highest BCUT2D eigenvalue weighted by Gasteiger charge is 2.34. The number of halogens is 3. The average molecular weight is 304 g/mol. The van der Waals surface area contributed by atoms with Gasteiger partial charge in [-0.15, -0.1) is 0 Å². The first-order valence-electron chi connectivity index (χ1n) is 6.06. The summed E-state index contributed by atoms with van der Waals surface area (Å²) in [6.45, 7) is -2.63. The van der Waals surface area contributed by atoms with Crippen LogP contribution in [0.2, 0.25) is 0 Å². The number of carbonyl (C=O) groups excluding carboxylic acids is 1. The molecule has 0 bridgehead atoms. The third-order valence-corrected chi connectivity index (χ3v) is 2.67. The first kappa shape index (κ1) is 17.0. The topological polar surface area (TPSA) is 83.6 Å². The molecule has 0 heterocycles. The molecule has 1 rings (SSSR count). The number of nitrogens with two attached hydrogens (primary N) is 1. The number of hydrogen-bond acceptors (Lipinski definition) is 3. The minimum atomic E-state index is -4.66. The Morgan fingerprint density at radius 1 is 1.24 bits per heavy atom. The van der Waals surface area contributed by atoms with Crippen LogP contribution in [0.3, 0.4) is 0 Å². The lowest BCUT2D eigenvalue weighted by atomic mass is 10.0. The van der Waals surface area contributed by atoms with E-state index in [1.807, 2.05) is 0 Å². The van der Waals surface area contributed by atoms with Gasteiger partial charge in [0.25, 0.3) is 0 Å². The van der Waals surface area contributed by atoms with E-state index in [4.69, 9.17) is 10.8 Å². The first-order valence-corrected chi connectivity index (χ1v) is 6.06. The van der Waals surface area contributed by atoms with Crippen molar-refractivity contribution in [1.29, 1.82) is 0 Å². The van der Waals surface area contributed by atoms with E-state index in [0.717, 1.165) is 0 Å². The van der Waals surface area contributed by atoms with E-state index in [1.165, 1.54) is 0 Å². The summed E-state index contributed by atoms with van der Waals surface area (Å²) in [6, 6.07) is 7.60. The summed E-state index contributed by atoms with van der Waals surface area (Å²) in [5, 5.41) is 8.59. The van der Waals surface area contributed by atoms with Gasteiger partial charge in [-0.1, -0.05) is 30.3 Å². The van der Waals surface area contributed by atoms with Gasteiger partial charge in [-0.25, -0.2) is 0 Å². The van der Waals surface area contributed by atoms with Gasteiger partial charge >= 0.3 is 12.1 Å². The average Bonchev–Trinajstić information content (AvgIpc) is 2.36. The summed E-state index contributed by atoms with van der Waals surface area (Å²) in [4.78, 5) is 22.6. The number of benzene rings is 1. The fourth-order valence-electron chi connectivity index (χ4n) is 1.75. The number of alkyl halides is 3. The maximum Gasteiger partial charge on any atom is 0.406 e. The van der Waals surface area contributed by atoms with Crippen LogP contribution in [0.25, 0.3) is 0 Å². The summed E-state index contributed by atoms with van der Waals surface area (Å²) in [5.41, 5.74) is 6.34. The maximum atomic E-state index is 12.4. The second kappa shape index (κ2) is 7.07. The van der Waals surface area contributed by atoms with Crippen LogP contribution in [0, 0.1) is 0 Å². The van der Waals surface area contributed by atoms with Crippen LogP contribution < -0.4 is 5.73 Å². The largest absolute Gasteiger partial charge is 0.480 e. The van der Waals surface area contributed by atoms with E-state index in [-0.39, 0.29) is 4.90 Å². The Kier molecular flexibility index (Phi) is 5.71. The fraction of sp³-hybridized carbons (Fsp3) is 0.385. The Labute approximate surface area is 119 Å². The highest BCUT2D eigenvalue weighted by atomic mass is 19.4. The number of carbonyl (C=O) groups is 2. The smallest absolute Gasteiger partial charge is 0.406 e. The van der Waals surface area contributed by atoms with E-state index in [1.54, 1.807) is 30.3 Å². The van der Waals surface area contributed by atoms with Crippen LogP contribution in [0.1, 0.15) is 18.0 Å². The van der Waals surface area contributed by atoms with Gasteiger partial charge in [0.2, 0.25) is 5.91 Å². The standard InChI is InChI=1S/C13H15F3N2O3/c14-13(15,16)8-18(7-12(20)21)11(19)6-10(17)9-4-2-1-3-5-9/h1-5,10H,6-8,17H2,(H,20,21). The van der Waals surface area contributed by atoms with Gasteiger partial charge in [-0.3, -0.25) is 9.59 Å². The van der Waals surface area contributed by atoms with Crippen molar-refractivity contribution < 1.29 is 27.9 Å². The highest BCUT2D eigenvalue weighted by Crippen LogP contribution is 2.19. The highest BCUT2D eigenvalue weighted by molar-refractivity contribution is 5.81. The number of amides is 1. The molecule has 1 atom stereocenters. The van der Waals surface area contributed by atoms with Gasteiger partial charge in [-0.2, -0.15) is 13.2 Å². The van der Waals surface area contributed by atoms with Crippen LogP contribution in [0.5, 0.6) is 0 Å². The van der Waals surface area contributed by atoms with Crippen molar-refractivity contribution in [3.05, 3.63) is 35.9 Å². The summed E-state index contributed by atoms with van der Waals surface area (Å²) >= 11 is 0. The van der Waals surface area contributed by atoms with E-state index >= 15 is 0 Å². The second-order valence-corrected chi connectivity index (χ2v) is 4.48. The van der Waals surface area contributed by atoms with Crippen molar-refractivity contribution in [2.24, 2.45) is 5.73 Å². The molecule has 0 aliphatic heterocycles. The Balaban J connectivity index is 2.74. The molecule has 1 aromatic carbocycles. The molecular weight excluding hydrogens is 289 g/mol. The fourth-order valence-corrected chi connectivity index (χ4v) is 1.75. The molecule has 116 valence electrons. The number of rotatable bonds is 6. The zero-order chi connectivity index (χ0) is 16.0. The van der Waals surface area contributed by atoms with Gasteiger partial charge < -0.3 is 15.7 Å². The van der Waals surface area contributed by atoms with Crippen molar-refractivity contribution in [3.63, 3.8) is 0 Å². The quantitative estimate of drug-likeness (QED) is 0.835. The molecule has 21 heavy (non-hydrogen) atoms. The first-order chi connectivity index (χ1) is 9.69. The van der Waals surface area contributed by atoms with Crippen LogP contribution in [0.4, 0.5) is 13.2 Å². The molecule has 1 aromatic rings. The second-order valence-electron chi connectivity index (χ2n) is 4.48. The summed E-state index contributed by atoms with van der Waals surface area (Å²) in [5.74, 6) is -2.47. The van der Waals surface area contributed by atoms with Gasteiger partial charge in [0, 0.05) is 12.5 Å². The van der Waals surface area contributed by atoms with Crippen molar-refractivity contribution in [2.75, 3.05) is 13.1 Å². The zero-order valence-corrected chi connectivity index (χ0v) is 11.0. The van der Waals surface area contributed by atoms with E-state index in [9.17, 15) is 22.8 Å². The molecule has 0 saturated carbocycles. The normalized spacial score (nSPS) is 12.8. The molecule has 0 aliphatic rings. The number of hydrogen-bond donors (Lipinski definition) is 2. The lowest BCUT2D eigenvalue weighted by Crippen LogP contribution is -2.43. The van der Waals surface area contributed by atoms with Gasteiger partial charge in [0.05, 0.1) is 0 Å². The third kappa shape index (κ3) is 6.26. The molecule has 1 unspecified atom stereocenters. The molecule has 0 fully saturated rings. The molecular formula is C13H15F3N2O3. The zero-order valence-electron chi connectivity index (χ0n) is 11.0. The summed E-state index contributed by atoms with van der Waals surface area (Å²) in [6.07, 6.45) is -5.06. The van der Waals surface area contributed by atoms with E-state index in [2.05, 4.69) is 0 Å². The van der Waals surface area contributed by atoms with E-state index in [0.29, 0.717) is 5.56 Å². The van der Waals surface area contributed by atoms with Crippen molar-refractivity contribution in [3.8, 4) is 0 Å². The number of carboxylic acids is 1. The lowest BCUT2D eigenvalue weighted by Gasteiger charge is -2.23. The monoisotopic (exact) mass is 304 g/mol. The van der Waals surface area contributed by atoms with Crippen molar-refractivity contribution >= 4 is 11.9 Å².